The van der Waals surface area contributed by atoms with Crippen molar-refractivity contribution in [2.75, 3.05) is 6.54 Å². The van der Waals surface area contributed by atoms with Gasteiger partial charge < -0.3 is 45.4 Å². The third-order valence-corrected chi connectivity index (χ3v) is 5.79. The van der Waals surface area contributed by atoms with Crippen molar-refractivity contribution in [3.63, 3.8) is 0 Å². The fourth-order valence-corrected chi connectivity index (χ4v) is 3.63. The zero-order valence-electron chi connectivity index (χ0n) is 18.7. The van der Waals surface area contributed by atoms with Crippen molar-refractivity contribution in [3.05, 3.63) is 59.7 Å². The molecule has 0 aliphatic carbocycles. The average Bonchev–Trinajstić information content (AvgIpc) is 2.82. The number of benzene rings is 2. The van der Waals surface area contributed by atoms with Crippen LogP contribution in [-0.4, -0.2) is 79.9 Å². The fourth-order valence-electron chi connectivity index (χ4n) is 3.63. The van der Waals surface area contributed by atoms with Crippen LogP contribution in [-0.2, 0) is 16.0 Å². The first kappa shape index (κ1) is 25.9. The highest BCUT2D eigenvalue weighted by molar-refractivity contribution is 5.73. The van der Waals surface area contributed by atoms with E-state index in [4.69, 9.17) is 14.6 Å². The summed E-state index contributed by atoms with van der Waals surface area (Å²) in [4.78, 5) is 11.2. The van der Waals surface area contributed by atoms with Crippen LogP contribution in [0.3, 0.4) is 0 Å². The van der Waals surface area contributed by atoms with Crippen LogP contribution in [0.25, 0.3) is 0 Å². The Morgan fingerprint density at radius 3 is 2.29 bits per heavy atom. The smallest absolute Gasteiger partial charge is 0.335 e. The molecule has 7 N–H and O–H groups in total. The Bertz CT molecular complexity index is 921. The van der Waals surface area contributed by atoms with Crippen LogP contribution in [0.1, 0.15) is 30.6 Å². The molecule has 34 heavy (non-hydrogen) atoms. The number of nitrogens with one attached hydrogen (secondary N) is 1. The molecule has 0 saturated carbocycles. The summed E-state index contributed by atoms with van der Waals surface area (Å²) in [7, 11) is 0. The molecule has 1 aliphatic rings. The Hall–Kier alpha value is -2.73. The van der Waals surface area contributed by atoms with Gasteiger partial charge in [-0.3, -0.25) is 0 Å². The van der Waals surface area contributed by atoms with Crippen LogP contribution in [0.2, 0.25) is 0 Å². The highest BCUT2D eigenvalue weighted by Crippen LogP contribution is 2.25. The van der Waals surface area contributed by atoms with Gasteiger partial charge in [0.15, 0.2) is 6.10 Å². The summed E-state index contributed by atoms with van der Waals surface area (Å²) in [5.74, 6) is -1.01. The number of aliphatic carboxylic acids is 1. The molecule has 186 valence electrons. The number of carboxylic acids is 1. The van der Waals surface area contributed by atoms with Gasteiger partial charge in [-0.15, -0.1) is 0 Å². The van der Waals surface area contributed by atoms with E-state index < -0.39 is 42.8 Å². The SMILES string of the molecule is CC(CCc1ccc(O[C@@H]2O[C@H](C(=O)O)[C@@H](O)[C@H](O)[C@H]2O)cc1)NCC(O)c1ccc(O)cc1. The predicted octanol–water partition coefficient (Wildman–Crippen LogP) is 0.307. The van der Waals surface area contributed by atoms with Crippen molar-refractivity contribution in [1.29, 1.82) is 0 Å². The summed E-state index contributed by atoms with van der Waals surface area (Å²) in [5, 5.41) is 61.7. The standard InChI is InChI=1S/C24H31NO9/c1-13(25-12-18(27)15-6-8-16(26)9-7-15)2-3-14-4-10-17(11-5-14)33-24-21(30)19(28)20(29)22(34-24)23(31)32/h4-11,13,18-22,24-30H,2-3,12H2,1H3,(H,31,32)/t13?,18?,19-,20-,21+,22-,24+/m0/s1. The molecular weight excluding hydrogens is 446 g/mol. The number of aliphatic hydroxyl groups is 4. The minimum atomic E-state index is -1.77. The van der Waals surface area contributed by atoms with Gasteiger partial charge in [0.05, 0.1) is 6.10 Å². The lowest BCUT2D eigenvalue weighted by molar-refractivity contribution is -0.271. The molecule has 3 rings (SSSR count). The molecule has 0 aromatic heterocycles. The lowest BCUT2D eigenvalue weighted by Crippen LogP contribution is -2.61. The van der Waals surface area contributed by atoms with Crippen LogP contribution >= 0.6 is 0 Å². The van der Waals surface area contributed by atoms with Gasteiger partial charge in [-0.25, -0.2) is 4.79 Å². The van der Waals surface area contributed by atoms with Crippen LogP contribution in [0.4, 0.5) is 0 Å². The van der Waals surface area contributed by atoms with E-state index >= 15 is 0 Å². The van der Waals surface area contributed by atoms with Crippen molar-refractivity contribution in [2.24, 2.45) is 0 Å². The molecule has 0 spiro atoms. The number of ether oxygens (including phenoxy) is 2. The summed E-state index contributed by atoms with van der Waals surface area (Å²) < 4.78 is 10.6. The van der Waals surface area contributed by atoms with Gasteiger partial charge in [-0.05, 0) is 55.2 Å². The van der Waals surface area contributed by atoms with E-state index in [0.717, 1.165) is 24.0 Å². The zero-order chi connectivity index (χ0) is 24.8. The number of aryl methyl sites for hydroxylation is 1. The van der Waals surface area contributed by atoms with E-state index in [-0.39, 0.29) is 11.8 Å². The van der Waals surface area contributed by atoms with Gasteiger partial charge in [0.2, 0.25) is 6.29 Å². The van der Waals surface area contributed by atoms with Crippen LogP contribution in [0.15, 0.2) is 48.5 Å². The lowest BCUT2D eigenvalue weighted by atomic mass is 9.99. The van der Waals surface area contributed by atoms with E-state index in [0.29, 0.717) is 12.3 Å². The van der Waals surface area contributed by atoms with Gasteiger partial charge in [0.25, 0.3) is 0 Å². The number of hydrogen-bond acceptors (Lipinski definition) is 9. The first-order chi connectivity index (χ1) is 16.2. The molecule has 0 radical (unpaired) electrons. The van der Waals surface area contributed by atoms with Gasteiger partial charge >= 0.3 is 5.97 Å². The molecule has 10 nitrogen and oxygen atoms in total. The highest BCUT2D eigenvalue weighted by atomic mass is 16.7. The van der Waals surface area contributed by atoms with Crippen molar-refractivity contribution in [3.8, 4) is 11.5 Å². The lowest BCUT2D eigenvalue weighted by Gasteiger charge is -2.38. The average molecular weight is 478 g/mol. The Morgan fingerprint density at radius 2 is 1.68 bits per heavy atom. The van der Waals surface area contributed by atoms with Gasteiger partial charge in [-0.2, -0.15) is 0 Å². The summed E-state index contributed by atoms with van der Waals surface area (Å²) in [5.41, 5.74) is 1.74. The van der Waals surface area contributed by atoms with E-state index in [2.05, 4.69) is 5.32 Å². The molecule has 1 fully saturated rings. The summed E-state index contributed by atoms with van der Waals surface area (Å²) >= 11 is 0. The van der Waals surface area contributed by atoms with Crippen molar-refractivity contribution < 1.29 is 44.9 Å². The maximum absolute atomic E-state index is 11.2. The molecule has 2 aromatic rings. The quantitative estimate of drug-likeness (QED) is 0.253. The van der Waals surface area contributed by atoms with E-state index in [1.165, 1.54) is 12.1 Å². The molecule has 7 atom stereocenters. The number of carboxylic acid groups (broad SMARTS) is 1. The molecule has 0 amide bonds. The molecule has 1 heterocycles. The second-order valence-electron chi connectivity index (χ2n) is 8.45. The topological polar surface area (TPSA) is 169 Å². The van der Waals surface area contributed by atoms with Gasteiger partial charge in [-0.1, -0.05) is 24.3 Å². The monoisotopic (exact) mass is 477 g/mol. The maximum atomic E-state index is 11.2. The minimum absolute atomic E-state index is 0.134. The van der Waals surface area contributed by atoms with Crippen LogP contribution < -0.4 is 10.1 Å². The summed E-state index contributed by atoms with van der Waals surface area (Å²) in [6, 6.07) is 13.5. The molecular formula is C24H31NO9. The largest absolute Gasteiger partial charge is 0.508 e. The van der Waals surface area contributed by atoms with Crippen molar-refractivity contribution in [1.82, 2.24) is 5.32 Å². The molecule has 10 heteroatoms. The Morgan fingerprint density at radius 1 is 1.03 bits per heavy atom. The minimum Gasteiger partial charge on any atom is -0.508 e. The van der Waals surface area contributed by atoms with Crippen LogP contribution in [0.5, 0.6) is 11.5 Å². The molecule has 2 unspecified atom stereocenters. The van der Waals surface area contributed by atoms with E-state index in [9.17, 15) is 30.3 Å². The number of carbonyl (C=O) groups is 1. The number of aliphatic hydroxyl groups excluding tert-OH is 4. The van der Waals surface area contributed by atoms with Crippen LogP contribution in [0, 0.1) is 0 Å². The van der Waals surface area contributed by atoms with E-state index in [1.807, 2.05) is 19.1 Å². The summed E-state index contributed by atoms with van der Waals surface area (Å²) in [6.07, 6.45) is -7.41. The van der Waals surface area contributed by atoms with Gasteiger partial charge in [0.1, 0.15) is 29.8 Å². The number of aromatic hydroxyl groups is 1. The number of phenolic OH excluding ortho intramolecular Hbond substituents is 1. The number of phenols is 1. The Labute approximate surface area is 197 Å². The third kappa shape index (κ3) is 6.66. The zero-order valence-corrected chi connectivity index (χ0v) is 18.7. The second kappa shape index (κ2) is 11.6. The summed E-state index contributed by atoms with van der Waals surface area (Å²) in [6.45, 7) is 2.39. The predicted molar refractivity (Wildman–Crippen MR) is 120 cm³/mol. The molecule has 1 saturated heterocycles. The molecule has 2 aromatic carbocycles. The number of rotatable bonds is 10. The third-order valence-electron chi connectivity index (χ3n) is 5.79. The Kier molecular flexibility index (Phi) is 8.84. The molecule has 1 aliphatic heterocycles. The number of hydrogen-bond donors (Lipinski definition) is 7. The van der Waals surface area contributed by atoms with Crippen molar-refractivity contribution in [2.45, 2.75) is 62.6 Å². The normalized spacial score (nSPS) is 26.6. The highest BCUT2D eigenvalue weighted by Gasteiger charge is 2.48. The Balaban J connectivity index is 1.46. The van der Waals surface area contributed by atoms with Gasteiger partial charge in [0, 0.05) is 12.6 Å². The van der Waals surface area contributed by atoms with E-state index in [1.54, 1.807) is 24.3 Å². The second-order valence-corrected chi connectivity index (χ2v) is 8.45. The van der Waals surface area contributed by atoms with Crippen molar-refractivity contribution >= 4 is 5.97 Å². The maximum Gasteiger partial charge on any atom is 0.335 e. The first-order valence-corrected chi connectivity index (χ1v) is 11.0. The molecule has 0 bridgehead atoms. The fraction of sp³-hybridized carbons (Fsp3) is 0.458. The first-order valence-electron chi connectivity index (χ1n) is 11.0.